The number of hydrogen-bond acceptors (Lipinski definition) is 4. The minimum absolute atomic E-state index is 0.00813. The van der Waals surface area contributed by atoms with E-state index in [-0.39, 0.29) is 16.5 Å². The van der Waals surface area contributed by atoms with Gasteiger partial charge in [-0.2, -0.15) is 8.42 Å². The molecule has 16 heavy (non-hydrogen) atoms. The minimum Gasteiger partial charge on any atom is -0.495 e. The second-order valence-corrected chi connectivity index (χ2v) is 4.37. The third kappa shape index (κ3) is 2.65. The van der Waals surface area contributed by atoms with Crippen LogP contribution in [-0.4, -0.2) is 31.7 Å². The molecular weight excluding hydrogens is 254 g/mol. The molecule has 0 radical (unpaired) electrons. The lowest BCUT2D eigenvalue weighted by atomic mass is 10.1. The molecule has 0 spiro atoms. The molecule has 0 saturated heterocycles. The first-order valence-corrected chi connectivity index (χ1v) is 5.82. The summed E-state index contributed by atoms with van der Waals surface area (Å²) in [5.74, 6) is -0.00840. The van der Waals surface area contributed by atoms with Crippen molar-refractivity contribution in [3.63, 3.8) is 0 Å². The Morgan fingerprint density at radius 1 is 1.50 bits per heavy atom. The zero-order valence-electron chi connectivity index (χ0n) is 8.65. The van der Waals surface area contributed by atoms with Gasteiger partial charge in [0.05, 0.1) is 17.7 Å². The van der Waals surface area contributed by atoms with Crippen molar-refractivity contribution in [2.75, 3.05) is 7.11 Å². The summed E-state index contributed by atoms with van der Waals surface area (Å²) in [4.78, 5) is 10.9. The van der Waals surface area contributed by atoms with E-state index in [1.165, 1.54) is 26.2 Å². The molecule has 0 heterocycles. The molecule has 0 fully saturated rings. The molecule has 0 aromatic rings. The van der Waals surface area contributed by atoms with E-state index >= 15 is 0 Å². The molecule has 0 aliphatic heterocycles. The van der Waals surface area contributed by atoms with Crippen LogP contribution >= 0.6 is 11.6 Å². The number of amides is 1. The quantitative estimate of drug-likeness (QED) is 0.571. The predicted molar refractivity (Wildman–Crippen MR) is 60.6 cm³/mol. The van der Waals surface area contributed by atoms with E-state index in [2.05, 4.69) is 5.32 Å². The number of halogens is 1. The van der Waals surface area contributed by atoms with Gasteiger partial charge in [-0.05, 0) is 12.2 Å². The molecule has 0 aromatic carbocycles. The Kier molecular flexibility index (Phi) is 4.14. The summed E-state index contributed by atoms with van der Waals surface area (Å²) in [7, 11) is -1.02. The number of ether oxygens (including phenoxy) is 1. The summed E-state index contributed by atoms with van der Waals surface area (Å²) in [6.07, 6.45) is 2.78. The summed E-state index contributed by atoms with van der Waals surface area (Å²) >= 11 is 5.93. The fraction of sp³-hybridized carbons (Fsp3) is 0.333. The van der Waals surface area contributed by atoms with Crippen LogP contribution in [0.15, 0.2) is 23.6 Å². The molecule has 1 rings (SSSR count). The Bertz CT molecular complexity index is 496. The van der Waals surface area contributed by atoms with Crippen molar-refractivity contribution in [2.45, 2.75) is 12.3 Å². The van der Waals surface area contributed by atoms with Gasteiger partial charge in [-0.1, -0.05) is 0 Å². The van der Waals surface area contributed by atoms with E-state index in [4.69, 9.17) is 16.3 Å². The molecule has 88 valence electrons. The second kappa shape index (κ2) is 5.18. The maximum Gasteiger partial charge on any atom is 0.221 e. The van der Waals surface area contributed by atoms with Gasteiger partial charge in [0.15, 0.2) is 0 Å². The topological polar surface area (TPSA) is 72.5 Å². The number of nitrogens with one attached hydrogen (secondary N) is 1. The van der Waals surface area contributed by atoms with Crippen LogP contribution in [0.1, 0.15) is 6.92 Å². The Morgan fingerprint density at radius 2 is 2.12 bits per heavy atom. The first-order valence-electron chi connectivity index (χ1n) is 4.31. The first kappa shape index (κ1) is 12.8. The van der Waals surface area contributed by atoms with Crippen LogP contribution in [0.2, 0.25) is 0 Å². The highest BCUT2D eigenvalue weighted by Gasteiger charge is 2.25. The average molecular weight is 264 g/mol. The lowest BCUT2D eigenvalue weighted by Crippen LogP contribution is -2.33. The second-order valence-electron chi connectivity index (χ2n) is 3.00. The van der Waals surface area contributed by atoms with E-state index in [1.54, 1.807) is 0 Å². The molecule has 0 bridgehead atoms. The van der Waals surface area contributed by atoms with E-state index < -0.39 is 15.7 Å². The molecule has 0 saturated carbocycles. The summed E-state index contributed by atoms with van der Waals surface area (Å²) < 4.78 is 26.7. The third-order valence-electron chi connectivity index (χ3n) is 1.89. The standard InChI is InChI=1S/C9H10ClNO4S/c1-5(12)11-9-6(15-2)3-4-7(8(9)10)16(13)14/h3-4,8H,1-2H3,(H,11,12). The van der Waals surface area contributed by atoms with Crippen LogP contribution in [0.4, 0.5) is 0 Å². The van der Waals surface area contributed by atoms with Crippen LogP contribution in [0.5, 0.6) is 0 Å². The van der Waals surface area contributed by atoms with E-state index in [9.17, 15) is 13.2 Å². The minimum atomic E-state index is -2.43. The van der Waals surface area contributed by atoms with Crippen LogP contribution < -0.4 is 5.32 Å². The van der Waals surface area contributed by atoms with Gasteiger partial charge in [0, 0.05) is 6.92 Å². The van der Waals surface area contributed by atoms with Gasteiger partial charge in [0.25, 0.3) is 0 Å². The highest BCUT2D eigenvalue weighted by molar-refractivity contribution is 7.73. The Labute approximate surface area is 99.3 Å². The normalized spacial score (nSPS) is 19.7. The molecule has 1 unspecified atom stereocenters. The van der Waals surface area contributed by atoms with Gasteiger partial charge >= 0.3 is 0 Å². The number of methoxy groups -OCH3 is 1. The smallest absolute Gasteiger partial charge is 0.221 e. The fourth-order valence-corrected chi connectivity index (χ4v) is 2.15. The third-order valence-corrected chi connectivity index (χ3v) is 3.23. The number of carbonyl (C=O) groups excluding carboxylic acids is 1. The Balaban J connectivity index is 3.24. The Hall–Kier alpha value is -1.27. The van der Waals surface area contributed by atoms with Crippen molar-refractivity contribution in [1.82, 2.24) is 5.32 Å². The monoisotopic (exact) mass is 263 g/mol. The molecule has 1 aliphatic carbocycles. The maximum atomic E-state index is 10.9. The average Bonchev–Trinajstić information content (AvgIpc) is 2.19. The van der Waals surface area contributed by atoms with Crippen LogP contribution in [0.3, 0.4) is 0 Å². The first-order chi connectivity index (χ1) is 7.47. The van der Waals surface area contributed by atoms with Crippen LogP contribution in [0.25, 0.3) is 0 Å². The number of allylic oxidation sites excluding steroid dienone is 3. The maximum absolute atomic E-state index is 10.9. The summed E-state index contributed by atoms with van der Waals surface area (Å²) in [6.45, 7) is 1.30. The molecule has 1 N–H and O–H groups in total. The molecule has 7 heteroatoms. The molecule has 5 nitrogen and oxygen atoms in total. The van der Waals surface area contributed by atoms with Crippen LogP contribution in [0, 0.1) is 0 Å². The van der Waals surface area contributed by atoms with Gasteiger partial charge in [-0.3, -0.25) is 4.79 Å². The van der Waals surface area contributed by atoms with Gasteiger partial charge in [0.2, 0.25) is 16.2 Å². The zero-order chi connectivity index (χ0) is 12.3. The fourth-order valence-electron chi connectivity index (χ4n) is 1.23. The summed E-state index contributed by atoms with van der Waals surface area (Å²) in [6, 6.07) is 0. The SMILES string of the molecule is COC1=C(NC(C)=O)C(Cl)C(=S(=O)=O)C=C1. The molecule has 1 atom stereocenters. The molecule has 1 aliphatic rings. The van der Waals surface area contributed by atoms with Crippen molar-refractivity contribution in [3.8, 4) is 0 Å². The van der Waals surface area contributed by atoms with Crippen molar-refractivity contribution < 1.29 is 17.9 Å². The molecule has 1 amide bonds. The van der Waals surface area contributed by atoms with E-state index in [0.29, 0.717) is 5.76 Å². The van der Waals surface area contributed by atoms with Crippen molar-refractivity contribution >= 4 is 32.7 Å². The zero-order valence-corrected chi connectivity index (χ0v) is 10.2. The van der Waals surface area contributed by atoms with Crippen molar-refractivity contribution in [3.05, 3.63) is 23.6 Å². The predicted octanol–water partition coefficient (Wildman–Crippen LogP) is 0.209. The highest BCUT2D eigenvalue weighted by Crippen LogP contribution is 2.20. The largest absolute Gasteiger partial charge is 0.495 e. The Morgan fingerprint density at radius 3 is 2.56 bits per heavy atom. The molecule has 0 aromatic heterocycles. The number of rotatable bonds is 2. The van der Waals surface area contributed by atoms with Crippen LogP contribution in [-0.2, 0) is 19.8 Å². The van der Waals surface area contributed by atoms with Gasteiger partial charge in [-0.15, -0.1) is 11.6 Å². The number of carbonyl (C=O) groups is 1. The van der Waals surface area contributed by atoms with Gasteiger partial charge in [0.1, 0.15) is 11.1 Å². The van der Waals surface area contributed by atoms with Crippen molar-refractivity contribution in [2.24, 2.45) is 0 Å². The molecular formula is C9H10ClNO4S. The number of hydrogen-bond donors (Lipinski definition) is 1. The lowest BCUT2D eigenvalue weighted by molar-refractivity contribution is -0.118. The van der Waals surface area contributed by atoms with Gasteiger partial charge in [-0.25, -0.2) is 0 Å². The number of alkyl halides is 1. The van der Waals surface area contributed by atoms with Gasteiger partial charge < -0.3 is 10.1 Å². The van der Waals surface area contributed by atoms with E-state index in [0.717, 1.165) is 0 Å². The highest BCUT2D eigenvalue weighted by atomic mass is 35.5. The van der Waals surface area contributed by atoms with E-state index in [1.807, 2.05) is 0 Å². The summed E-state index contributed by atoms with van der Waals surface area (Å²) in [5.41, 5.74) is 0.235. The summed E-state index contributed by atoms with van der Waals surface area (Å²) in [5, 5.41) is 1.51. The lowest BCUT2D eigenvalue weighted by Gasteiger charge is -2.19. The van der Waals surface area contributed by atoms with Crippen molar-refractivity contribution in [1.29, 1.82) is 0 Å².